The minimum atomic E-state index is -0.318. The lowest BCUT2D eigenvalue weighted by Crippen LogP contribution is -2.37. The van der Waals surface area contributed by atoms with Crippen molar-refractivity contribution in [1.82, 2.24) is 0 Å². The lowest BCUT2D eigenvalue weighted by molar-refractivity contribution is -0.154. The normalized spacial score (nSPS) is 31.1. The number of hydrogen-bond acceptors (Lipinski definition) is 4. The molecule has 2 rings (SSSR count). The van der Waals surface area contributed by atoms with Crippen molar-refractivity contribution in [2.24, 2.45) is 11.8 Å². The molecular weight excluding hydrogens is 268 g/mol. The summed E-state index contributed by atoms with van der Waals surface area (Å²) >= 11 is 0. The van der Waals surface area contributed by atoms with E-state index in [2.05, 4.69) is 13.2 Å². The first-order valence-electron chi connectivity index (χ1n) is 7.63. The molecule has 4 nitrogen and oxygen atoms in total. The quantitative estimate of drug-likeness (QED) is 0.590. The summed E-state index contributed by atoms with van der Waals surface area (Å²) in [6.07, 6.45) is 4.56. The van der Waals surface area contributed by atoms with Gasteiger partial charge in [-0.15, -0.1) is 0 Å². The summed E-state index contributed by atoms with van der Waals surface area (Å²) in [5.41, 5.74) is 0.861. The Bertz CT molecular complexity index is 465. The Labute approximate surface area is 126 Å². The highest BCUT2D eigenvalue weighted by Crippen LogP contribution is 2.45. The third-order valence-corrected chi connectivity index (χ3v) is 4.53. The van der Waals surface area contributed by atoms with Crippen LogP contribution in [0.2, 0.25) is 0 Å². The molecule has 0 N–H and O–H groups in total. The molecule has 0 heterocycles. The van der Waals surface area contributed by atoms with Crippen LogP contribution in [0.1, 0.15) is 46.0 Å². The van der Waals surface area contributed by atoms with E-state index in [0.29, 0.717) is 23.0 Å². The molecule has 0 aliphatic heterocycles. The van der Waals surface area contributed by atoms with E-state index in [1.54, 1.807) is 13.8 Å². The summed E-state index contributed by atoms with van der Waals surface area (Å²) in [5, 5.41) is 0. The second kappa shape index (κ2) is 6.46. The van der Waals surface area contributed by atoms with Crippen molar-refractivity contribution in [3.63, 3.8) is 0 Å². The van der Waals surface area contributed by atoms with E-state index >= 15 is 0 Å². The van der Waals surface area contributed by atoms with Crippen LogP contribution in [-0.4, -0.2) is 24.1 Å². The van der Waals surface area contributed by atoms with Crippen LogP contribution in [-0.2, 0) is 19.1 Å². The first kappa shape index (κ1) is 15.8. The van der Waals surface area contributed by atoms with Gasteiger partial charge < -0.3 is 9.47 Å². The SMILES string of the molecule is C=C(C)C(=O)O[C@@H]1CCCC2C1CC[C@H]2OC(=O)C(=C)C. The highest BCUT2D eigenvalue weighted by atomic mass is 16.6. The van der Waals surface area contributed by atoms with E-state index in [-0.39, 0.29) is 24.1 Å². The van der Waals surface area contributed by atoms with Crippen LogP contribution in [0, 0.1) is 11.8 Å². The number of ether oxygens (including phenoxy) is 2. The largest absolute Gasteiger partial charge is 0.459 e. The van der Waals surface area contributed by atoms with Gasteiger partial charge in [0.15, 0.2) is 0 Å². The minimum absolute atomic E-state index is 0.0643. The second-order valence-corrected chi connectivity index (χ2v) is 6.28. The summed E-state index contributed by atoms with van der Waals surface area (Å²) in [6.45, 7) is 10.6. The first-order valence-corrected chi connectivity index (χ1v) is 7.63. The molecule has 0 amide bonds. The van der Waals surface area contributed by atoms with Gasteiger partial charge in [-0.25, -0.2) is 9.59 Å². The summed E-state index contributed by atoms with van der Waals surface area (Å²) in [6, 6.07) is 0. The molecule has 2 aliphatic carbocycles. The summed E-state index contributed by atoms with van der Waals surface area (Å²) in [4.78, 5) is 23.4. The van der Waals surface area contributed by atoms with Crippen LogP contribution in [0.25, 0.3) is 0 Å². The van der Waals surface area contributed by atoms with Crippen molar-refractivity contribution < 1.29 is 19.1 Å². The van der Waals surface area contributed by atoms with Gasteiger partial charge in [-0.3, -0.25) is 0 Å². The van der Waals surface area contributed by atoms with Gasteiger partial charge in [0.2, 0.25) is 0 Å². The van der Waals surface area contributed by atoms with Crippen molar-refractivity contribution >= 4 is 11.9 Å². The van der Waals surface area contributed by atoms with Crippen LogP contribution in [0.4, 0.5) is 0 Å². The Morgan fingerprint density at radius 1 is 0.810 bits per heavy atom. The lowest BCUT2D eigenvalue weighted by atomic mass is 9.78. The maximum absolute atomic E-state index is 11.7. The molecular formula is C17H24O4. The molecule has 0 bridgehead atoms. The van der Waals surface area contributed by atoms with Crippen molar-refractivity contribution in [3.8, 4) is 0 Å². The Balaban J connectivity index is 1.99. The zero-order valence-corrected chi connectivity index (χ0v) is 12.9. The summed E-state index contributed by atoms with van der Waals surface area (Å²) in [5.74, 6) is -0.0420. The van der Waals surface area contributed by atoms with Gasteiger partial charge in [0.05, 0.1) is 0 Å². The zero-order valence-electron chi connectivity index (χ0n) is 12.9. The predicted octanol–water partition coefficient (Wildman–Crippen LogP) is 3.17. The first-order chi connectivity index (χ1) is 9.90. The van der Waals surface area contributed by atoms with Gasteiger partial charge in [-0.05, 0) is 46.0 Å². The number of fused-ring (bicyclic) bond motifs is 1. The molecule has 4 heteroatoms. The van der Waals surface area contributed by atoms with E-state index in [9.17, 15) is 9.59 Å². The van der Waals surface area contributed by atoms with Crippen LogP contribution >= 0.6 is 0 Å². The highest BCUT2D eigenvalue weighted by molar-refractivity contribution is 5.87. The number of carbonyl (C=O) groups is 2. The Kier molecular flexibility index (Phi) is 4.86. The predicted molar refractivity (Wildman–Crippen MR) is 79.5 cm³/mol. The maximum atomic E-state index is 11.7. The third-order valence-electron chi connectivity index (χ3n) is 4.53. The number of carbonyl (C=O) groups excluding carboxylic acids is 2. The van der Waals surface area contributed by atoms with E-state index in [1.807, 2.05) is 0 Å². The molecule has 4 atom stereocenters. The Morgan fingerprint density at radius 3 is 1.81 bits per heavy atom. The molecule has 2 fully saturated rings. The molecule has 21 heavy (non-hydrogen) atoms. The van der Waals surface area contributed by atoms with Gasteiger partial charge in [0, 0.05) is 23.0 Å². The molecule has 2 saturated carbocycles. The number of hydrogen-bond donors (Lipinski definition) is 0. The zero-order chi connectivity index (χ0) is 15.6. The maximum Gasteiger partial charge on any atom is 0.333 e. The average Bonchev–Trinajstić information content (AvgIpc) is 2.83. The standard InChI is InChI=1S/C17H24O4/c1-10(2)16(18)20-14-7-5-6-12-13(14)8-9-15(12)21-17(19)11(3)4/h12-15H,1,3,5-9H2,2,4H3/t12?,13?,14-,15-/m1/s1. The van der Waals surface area contributed by atoms with Crippen LogP contribution in [0.5, 0.6) is 0 Å². The molecule has 0 aromatic rings. The summed E-state index contributed by atoms with van der Waals surface area (Å²) < 4.78 is 11.1. The van der Waals surface area contributed by atoms with E-state index in [4.69, 9.17) is 9.47 Å². The smallest absolute Gasteiger partial charge is 0.333 e. The van der Waals surface area contributed by atoms with Crippen LogP contribution in [0.15, 0.2) is 24.3 Å². The van der Waals surface area contributed by atoms with Gasteiger partial charge in [0.25, 0.3) is 0 Å². The molecule has 116 valence electrons. The monoisotopic (exact) mass is 292 g/mol. The number of esters is 2. The molecule has 0 radical (unpaired) electrons. The Morgan fingerprint density at radius 2 is 1.29 bits per heavy atom. The molecule has 2 aliphatic rings. The Hall–Kier alpha value is -1.58. The fourth-order valence-corrected chi connectivity index (χ4v) is 3.46. The summed E-state index contributed by atoms with van der Waals surface area (Å²) in [7, 11) is 0. The minimum Gasteiger partial charge on any atom is -0.459 e. The van der Waals surface area contributed by atoms with Crippen LogP contribution in [0.3, 0.4) is 0 Å². The van der Waals surface area contributed by atoms with E-state index in [1.165, 1.54) is 0 Å². The fourth-order valence-electron chi connectivity index (χ4n) is 3.46. The highest BCUT2D eigenvalue weighted by Gasteiger charge is 2.45. The van der Waals surface area contributed by atoms with Crippen molar-refractivity contribution in [1.29, 1.82) is 0 Å². The molecule has 0 aromatic heterocycles. The fraction of sp³-hybridized carbons (Fsp3) is 0.647. The van der Waals surface area contributed by atoms with Crippen LogP contribution < -0.4 is 0 Å². The third kappa shape index (κ3) is 3.55. The van der Waals surface area contributed by atoms with Gasteiger partial charge in [-0.1, -0.05) is 13.2 Å². The van der Waals surface area contributed by atoms with Crippen molar-refractivity contribution in [3.05, 3.63) is 24.3 Å². The van der Waals surface area contributed by atoms with Crippen molar-refractivity contribution in [2.75, 3.05) is 0 Å². The molecule has 0 spiro atoms. The second-order valence-electron chi connectivity index (χ2n) is 6.28. The number of rotatable bonds is 4. The van der Waals surface area contributed by atoms with Gasteiger partial charge in [0.1, 0.15) is 12.2 Å². The van der Waals surface area contributed by atoms with E-state index in [0.717, 1.165) is 32.1 Å². The van der Waals surface area contributed by atoms with Gasteiger partial charge >= 0.3 is 11.9 Å². The molecule has 0 saturated heterocycles. The average molecular weight is 292 g/mol. The van der Waals surface area contributed by atoms with Gasteiger partial charge in [-0.2, -0.15) is 0 Å². The topological polar surface area (TPSA) is 52.6 Å². The van der Waals surface area contributed by atoms with Crippen molar-refractivity contribution in [2.45, 2.75) is 58.2 Å². The molecule has 2 unspecified atom stereocenters. The lowest BCUT2D eigenvalue weighted by Gasteiger charge is -2.35. The van der Waals surface area contributed by atoms with E-state index < -0.39 is 0 Å². The molecule has 0 aromatic carbocycles.